The number of rotatable bonds is 3. The Hall–Kier alpha value is -1.71. The summed E-state index contributed by atoms with van der Waals surface area (Å²) in [6, 6.07) is 4.11. The summed E-state index contributed by atoms with van der Waals surface area (Å²) >= 11 is 0. The van der Waals surface area contributed by atoms with Crippen LogP contribution in [0.2, 0.25) is 0 Å². The summed E-state index contributed by atoms with van der Waals surface area (Å²) in [5, 5.41) is 2.88. The molecule has 2 nitrogen and oxygen atoms in total. The third-order valence-corrected chi connectivity index (χ3v) is 3.35. The molecule has 1 saturated carbocycles. The predicted molar refractivity (Wildman–Crippen MR) is 70.4 cm³/mol. The molecule has 1 aromatic carbocycles. The van der Waals surface area contributed by atoms with Crippen LogP contribution in [0.5, 0.6) is 0 Å². The van der Waals surface area contributed by atoms with Crippen molar-refractivity contribution in [3.8, 4) is 0 Å². The number of carbonyl (C=O) groups is 1. The maximum atomic E-state index is 13.4. The molecule has 4 heteroatoms. The zero-order chi connectivity index (χ0) is 13.7. The van der Waals surface area contributed by atoms with Crippen LogP contribution in [0.3, 0.4) is 0 Å². The van der Waals surface area contributed by atoms with Gasteiger partial charge in [0, 0.05) is 17.7 Å². The molecule has 1 aromatic rings. The Bertz CT molecular complexity index is 479. The van der Waals surface area contributed by atoms with Gasteiger partial charge in [0.2, 0.25) is 5.91 Å². The monoisotopic (exact) mass is 265 g/mol. The van der Waals surface area contributed by atoms with E-state index in [4.69, 9.17) is 0 Å². The second-order valence-electron chi connectivity index (χ2n) is 4.82. The minimum Gasteiger partial charge on any atom is -0.350 e. The summed E-state index contributed by atoms with van der Waals surface area (Å²) in [7, 11) is 0. The van der Waals surface area contributed by atoms with Crippen LogP contribution in [0, 0.1) is 11.6 Å². The van der Waals surface area contributed by atoms with E-state index in [1.54, 1.807) is 0 Å². The fraction of sp³-hybridized carbons (Fsp3) is 0.400. The van der Waals surface area contributed by atoms with Crippen molar-refractivity contribution in [1.29, 1.82) is 0 Å². The van der Waals surface area contributed by atoms with Gasteiger partial charge in [-0.05, 0) is 25.0 Å². The number of nitrogens with one attached hydrogen (secondary N) is 1. The van der Waals surface area contributed by atoms with Crippen molar-refractivity contribution in [3.05, 3.63) is 41.5 Å². The van der Waals surface area contributed by atoms with Gasteiger partial charge in [-0.2, -0.15) is 0 Å². The quantitative estimate of drug-likeness (QED) is 0.833. The average molecular weight is 265 g/mol. The zero-order valence-corrected chi connectivity index (χ0v) is 10.7. The lowest BCUT2D eigenvalue weighted by molar-refractivity contribution is -0.117. The van der Waals surface area contributed by atoms with Gasteiger partial charge in [-0.1, -0.05) is 31.4 Å². The van der Waals surface area contributed by atoms with E-state index in [0.29, 0.717) is 0 Å². The molecule has 0 radical (unpaired) electrons. The highest BCUT2D eigenvalue weighted by atomic mass is 19.2. The smallest absolute Gasteiger partial charge is 0.244 e. The molecule has 1 amide bonds. The molecule has 0 bridgehead atoms. The van der Waals surface area contributed by atoms with E-state index >= 15 is 0 Å². The number of carbonyl (C=O) groups excluding carboxylic acids is 1. The van der Waals surface area contributed by atoms with Crippen LogP contribution < -0.4 is 5.32 Å². The molecule has 1 N–H and O–H groups in total. The van der Waals surface area contributed by atoms with E-state index in [-0.39, 0.29) is 17.5 Å². The lowest BCUT2D eigenvalue weighted by atomic mass is 9.95. The summed E-state index contributed by atoms with van der Waals surface area (Å²) in [5.41, 5.74) is 0.0822. The van der Waals surface area contributed by atoms with Crippen molar-refractivity contribution >= 4 is 12.0 Å². The van der Waals surface area contributed by atoms with Crippen molar-refractivity contribution in [2.75, 3.05) is 0 Å². The summed E-state index contributed by atoms with van der Waals surface area (Å²) < 4.78 is 26.3. The fourth-order valence-electron chi connectivity index (χ4n) is 2.31. The molecule has 1 aliphatic rings. The SMILES string of the molecule is O=C(/C=C/c1cccc(F)c1F)NC1CCCCC1. The topological polar surface area (TPSA) is 29.1 Å². The highest BCUT2D eigenvalue weighted by molar-refractivity contribution is 5.91. The van der Waals surface area contributed by atoms with Gasteiger partial charge in [-0.3, -0.25) is 4.79 Å². The van der Waals surface area contributed by atoms with Crippen LogP contribution >= 0.6 is 0 Å². The zero-order valence-electron chi connectivity index (χ0n) is 10.7. The van der Waals surface area contributed by atoms with E-state index in [0.717, 1.165) is 31.7 Å². The maximum Gasteiger partial charge on any atom is 0.244 e. The van der Waals surface area contributed by atoms with E-state index < -0.39 is 11.6 Å². The summed E-state index contributed by atoms with van der Waals surface area (Å²) in [4.78, 5) is 11.7. The molecule has 19 heavy (non-hydrogen) atoms. The third kappa shape index (κ3) is 3.88. The van der Waals surface area contributed by atoms with Gasteiger partial charge in [0.05, 0.1) is 0 Å². The van der Waals surface area contributed by atoms with Crippen LogP contribution in [0.1, 0.15) is 37.7 Å². The molecule has 0 atom stereocenters. The molecule has 1 fully saturated rings. The molecular formula is C15H17F2NO. The van der Waals surface area contributed by atoms with Crippen molar-refractivity contribution in [2.45, 2.75) is 38.1 Å². The summed E-state index contributed by atoms with van der Waals surface area (Å²) in [5.74, 6) is -2.09. The minimum absolute atomic E-state index is 0.0822. The number of amides is 1. The Morgan fingerprint density at radius 1 is 1.21 bits per heavy atom. The van der Waals surface area contributed by atoms with Crippen molar-refractivity contribution in [2.24, 2.45) is 0 Å². The maximum absolute atomic E-state index is 13.4. The van der Waals surface area contributed by atoms with Gasteiger partial charge in [0.25, 0.3) is 0 Å². The molecule has 0 aromatic heterocycles. The van der Waals surface area contributed by atoms with Gasteiger partial charge < -0.3 is 5.32 Å². The first-order valence-electron chi connectivity index (χ1n) is 6.59. The molecule has 0 aliphatic heterocycles. The van der Waals surface area contributed by atoms with E-state index in [9.17, 15) is 13.6 Å². The normalized spacial score (nSPS) is 16.7. The third-order valence-electron chi connectivity index (χ3n) is 3.35. The Morgan fingerprint density at radius 2 is 1.95 bits per heavy atom. The van der Waals surface area contributed by atoms with Crippen LogP contribution in [0.4, 0.5) is 8.78 Å². The minimum atomic E-state index is -0.927. The molecule has 2 rings (SSSR count). The van der Waals surface area contributed by atoms with Crippen molar-refractivity contribution in [1.82, 2.24) is 5.32 Å². The first kappa shape index (κ1) is 13.7. The van der Waals surface area contributed by atoms with E-state index in [1.807, 2.05) is 0 Å². The highest BCUT2D eigenvalue weighted by Crippen LogP contribution is 2.17. The molecule has 0 spiro atoms. The van der Waals surface area contributed by atoms with Crippen LogP contribution in [-0.4, -0.2) is 11.9 Å². The number of hydrogen-bond acceptors (Lipinski definition) is 1. The van der Waals surface area contributed by atoms with Gasteiger partial charge in [-0.15, -0.1) is 0 Å². The van der Waals surface area contributed by atoms with Gasteiger partial charge in [-0.25, -0.2) is 8.78 Å². The Kier molecular flexibility index (Phi) is 4.66. The Morgan fingerprint density at radius 3 is 2.68 bits per heavy atom. The Balaban J connectivity index is 1.94. The number of halogens is 2. The molecule has 0 saturated heterocycles. The van der Waals surface area contributed by atoms with E-state index in [2.05, 4.69) is 5.32 Å². The molecule has 0 heterocycles. The second kappa shape index (κ2) is 6.45. The van der Waals surface area contributed by atoms with Crippen LogP contribution in [-0.2, 0) is 4.79 Å². The first-order chi connectivity index (χ1) is 9.16. The molecule has 102 valence electrons. The standard InChI is InChI=1S/C15H17F2NO/c16-13-8-4-5-11(15(13)17)9-10-14(19)18-12-6-2-1-3-7-12/h4-5,8-10,12H,1-3,6-7H2,(H,18,19)/b10-9+. The first-order valence-corrected chi connectivity index (χ1v) is 6.59. The van der Waals surface area contributed by atoms with Crippen LogP contribution in [0.15, 0.2) is 24.3 Å². The summed E-state index contributed by atoms with van der Waals surface area (Å²) in [6.07, 6.45) is 8.03. The second-order valence-corrected chi connectivity index (χ2v) is 4.82. The lowest BCUT2D eigenvalue weighted by Crippen LogP contribution is -2.34. The fourth-order valence-corrected chi connectivity index (χ4v) is 2.31. The molecule has 0 unspecified atom stereocenters. The highest BCUT2D eigenvalue weighted by Gasteiger charge is 2.14. The number of benzene rings is 1. The van der Waals surface area contributed by atoms with Crippen molar-refractivity contribution < 1.29 is 13.6 Å². The molecule has 1 aliphatic carbocycles. The van der Waals surface area contributed by atoms with Gasteiger partial charge in [0.15, 0.2) is 11.6 Å². The van der Waals surface area contributed by atoms with Gasteiger partial charge >= 0.3 is 0 Å². The molecular weight excluding hydrogens is 248 g/mol. The van der Waals surface area contributed by atoms with Crippen LogP contribution in [0.25, 0.3) is 6.08 Å². The lowest BCUT2D eigenvalue weighted by Gasteiger charge is -2.21. The summed E-state index contributed by atoms with van der Waals surface area (Å²) in [6.45, 7) is 0. The van der Waals surface area contributed by atoms with Gasteiger partial charge in [0.1, 0.15) is 0 Å². The predicted octanol–water partition coefficient (Wildman–Crippen LogP) is 3.43. The Labute approximate surface area is 111 Å². The van der Waals surface area contributed by atoms with Crippen molar-refractivity contribution in [3.63, 3.8) is 0 Å². The average Bonchev–Trinajstić information content (AvgIpc) is 2.42. The number of hydrogen-bond donors (Lipinski definition) is 1. The van der Waals surface area contributed by atoms with E-state index in [1.165, 1.54) is 30.7 Å². The largest absolute Gasteiger partial charge is 0.350 e.